The standard InChI is InChI=1S/C30H27F2N5O5S/c1-16(35-30(38)19-10-21(31)28-25(12-19)43(39,40)26(32)6-8-42-28)22-13-23-18(14-33-22)4-5-27(36-23)37-7-9-41-24-11-20(17-2-3-17)15-34-29(24)37/h4-5,10-17,26H,2-3,6-9H2,1H3,(H,35,38)/t16-,26+/m0/s1. The summed E-state index contributed by atoms with van der Waals surface area (Å²) in [7, 11) is -4.52. The summed E-state index contributed by atoms with van der Waals surface area (Å²) in [6, 6.07) is 8.78. The lowest BCUT2D eigenvalue weighted by Gasteiger charge is -2.29. The number of aromatic nitrogens is 3. The largest absolute Gasteiger partial charge is 0.489 e. The molecule has 1 N–H and O–H groups in total. The van der Waals surface area contributed by atoms with Crippen LogP contribution in [-0.4, -0.2) is 54.5 Å². The van der Waals surface area contributed by atoms with E-state index in [4.69, 9.17) is 14.5 Å². The van der Waals surface area contributed by atoms with Crippen molar-refractivity contribution in [2.24, 2.45) is 0 Å². The van der Waals surface area contributed by atoms with E-state index in [-0.39, 0.29) is 12.2 Å². The van der Waals surface area contributed by atoms with Gasteiger partial charge >= 0.3 is 0 Å². The summed E-state index contributed by atoms with van der Waals surface area (Å²) in [5.41, 5.74) is -0.232. The first-order valence-corrected chi connectivity index (χ1v) is 15.6. The Morgan fingerprint density at radius 3 is 2.72 bits per heavy atom. The number of anilines is 2. The molecule has 1 fully saturated rings. The van der Waals surface area contributed by atoms with Crippen molar-refractivity contribution >= 4 is 38.3 Å². The van der Waals surface area contributed by atoms with Gasteiger partial charge in [-0.15, -0.1) is 0 Å². The predicted octanol–water partition coefficient (Wildman–Crippen LogP) is 4.91. The first-order chi connectivity index (χ1) is 20.7. The van der Waals surface area contributed by atoms with Gasteiger partial charge in [-0.3, -0.25) is 9.78 Å². The van der Waals surface area contributed by atoms with Gasteiger partial charge in [-0.05, 0) is 67.6 Å². The van der Waals surface area contributed by atoms with Crippen molar-refractivity contribution in [3.8, 4) is 11.5 Å². The molecule has 5 heterocycles. The number of amides is 1. The molecule has 2 aliphatic heterocycles. The zero-order valence-corrected chi connectivity index (χ0v) is 23.9. The summed E-state index contributed by atoms with van der Waals surface area (Å²) in [6.45, 7) is 2.46. The number of nitrogens with zero attached hydrogens (tertiary/aromatic N) is 4. The molecule has 1 aromatic carbocycles. The number of halogens is 2. The molecule has 10 nitrogen and oxygen atoms in total. The van der Waals surface area contributed by atoms with E-state index in [0.717, 1.165) is 23.3 Å². The molecule has 2 atom stereocenters. The molecule has 4 aromatic rings. The molecule has 0 unspecified atom stereocenters. The highest BCUT2D eigenvalue weighted by molar-refractivity contribution is 7.92. The lowest BCUT2D eigenvalue weighted by atomic mass is 10.1. The fourth-order valence-corrected chi connectivity index (χ4v) is 6.72. The molecule has 43 heavy (non-hydrogen) atoms. The summed E-state index contributed by atoms with van der Waals surface area (Å²) in [5, 5.41) is 3.50. The van der Waals surface area contributed by atoms with Crippen molar-refractivity contribution in [3.05, 3.63) is 71.4 Å². The van der Waals surface area contributed by atoms with Crippen LogP contribution in [0.2, 0.25) is 0 Å². The number of hydrogen-bond donors (Lipinski definition) is 1. The van der Waals surface area contributed by atoms with E-state index in [0.29, 0.717) is 41.9 Å². The van der Waals surface area contributed by atoms with Crippen LogP contribution in [0.5, 0.6) is 11.5 Å². The van der Waals surface area contributed by atoms with Crippen LogP contribution in [0.25, 0.3) is 10.9 Å². The molecule has 222 valence electrons. The van der Waals surface area contributed by atoms with Crippen LogP contribution in [0.3, 0.4) is 0 Å². The number of sulfone groups is 1. The Hall–Kier alpha value is -4.39. The molecule has 0 saturated heterocycles. The van der Waals surface area contributed by atoms with Crippen LogP contribution in [0.1, 0.15) is 59.8 Å². The fourth-order valence-electron chi connectivity index (χ4n) is 5.34. The van der Waals surface area contributed by atoms with Crippen molar-refractivity contribution in [1.82, 2.24) is 20.3 Å². The third kappa shape index (κ3) is 5.01. The Bertz CT molecular complexity index is 1880. The number of pyridine rings is 3. The van der Waals surface area contributed by atoms with E-state index in [2.05, 4.69) is 21.4 Å². The number of carbonyl (C=O) groups is 1. The van der Waals surface area contributed by atoms with Gasteiger partial charge in [0.2, 0.25) is 15.3 Å². The Morgan fingerprint density at radius 2 is 1.91 bits per heavy atom. The van der Waals surface area contributed by atoms with Gasteiger partial charge in [-0.2, -0.15) is 0 Å². The van der Waals surface area contributed by atoms with Crippen molar-refractivity contribution < 1.29 is 31.5 Å². The summed E-state index contributed by atoms with van der Waals surface area (Å²) in [4.78, 5) is 28.4. The second kappa shape index (κ2) is 10.4. The maximum atomic E-state index is 14.8. The first-order valence-electron chi connectivity index (χ1n) is 14.0. The highest BCUT2D eigenvalue weighted by atomic mass is 32.2. The average Bonchev–Trinajstić information content (AvgIpc) is 3.86. The molecule has 1 amide bonds. The Labute approximate surface area is 246 Å². The van der Waals surface area contributed by atoms with E-state index in [1.165, 1.54) is 18.4 Å². The summed E-state index contributed by atoms with van der Waals surface area (Å²) in [5.74, 6) is 0.295. The van der Waals surface area contributed by atoms with Crippen molar-refractivity contribution in [2.75, 3.05) is 24.7 Å². The van der Waals surface area contributed by atoms with Crippen molar-refractivity contribution in [3.63, 3.8) is 0 Å². The first kappa shape index (κ1) is 27.4. The summed E-state index contributed by atoms with van der Waals surface area (Å²) in [6.07, 6.45) is 5.46. The number of rotatable bonds is 5. The van der Waals surface area contributed by atoms with Gasteiger partial charge in [0, 0.05) is 29.8 Å². The SMILES string of the molecule is C[C@H](NC(=O)c1cc(F)c2c(c1)S(=O)(=O)[C@@H](F)CCO2)c1cc2nc(N3CCOc4cc(C5CC5)cnc43)ccc2cn1. The van der Waals surface area contributed by atoms with Gasteiger partial charge in [0.05, 0.1) is 30.4 Å². The van der Waals surface area contributed by atoms with Gasteiger partial charge < -0.3 is 19.7 Å². The molecular formula is C30H27F2N5O5S. The minimum Gasteiger partial charge on any atom is -0.489 e. The summed E-state index contributed by atoms with van der Waals surface area (Å²) >= 11 is 0. The van der Waals surface area contributed by atoms with Crippen molar-refractivity contribution in [1.29, 1.82) is 0 Å². The molecule has 1 aliphatic carbocycles. The second-order valence-electron chi connectivity index (χ2n) is 10.9. The molecular weight excluding hydrogens is 580 g/mol. The smallest absolute Gasteiger partial charge is 0.251 e. The lowest BCUT2D eigenvalue weighted by molar-refractivity contribution is 0.0938. The number of carbonyl (C=O) groups excluding carboxylic acids is 1. The normalized spacial score (nSPS) is 19.8. The number of ether oxygens (including phenoxy) is 2. The van der Waals surface area contributed by atoms with E-state index >= 15 is 0 Å². The number of fused-ring (bicyclic) bond motifs is 3. The number of benzene rings is 1. The monoisotopic (exact) mass is 607 g/mol. The predicted molar refractivity (Wildman–Crippen MR) is 153 cm³/mol. The average molecular weight is 608 g/mol. The van der Waals surface area contributed by atoms with Crippen LogP contribution in [-0.2, 0) is 9.84 Å². The zero-order valence-electron chi connectivity index (χ0n) is 23.1. The summed E-state index contributed by atoms with van der Waals surface area (Å²) < 4.78 is 65.3. The molecule has 13 heteroatoms. The molecule has 0 spiro atoms. The van der Waals surface area contributed by atoms with E-state index < -0.39 is 50.2 Å². The topological polar surface area (TPSA) is 124 Å². The van der Waals surface area contributed by atoms with E-state index in [9.17, 15) is 22.0 Å². The third-order valence-electron chi connectivity index (χ3n) is 7.88. The van der Waals surface area contributed by atoms with E-state index in [1.807, 2.05) is 23.2 Å². The number of nitrogens with one attached hydrogen (secondary N) is 1. The van der Waals surface area contributed by atoms with Gasteiger partial charge in [0.25, 0.3) is 5.91 Å². The second-order valence-corrected chi connectivity index (χ2v) is 13.0. The maximum Gasteiger partial charge on any atom is 0.251 e. The Balaban J connectivity index is 1.14. The maximum absolute atomic E-state index is 14.8. The minimum absolute atomic E-state index is 0.283. The fraction of sp³-hybridized carbons (Fsp3) is 0.333. The zero-order chi connectivity index (χ0) is 29.9. The molecule has 3 aliphatic rings. The van der Waals surface area contributed by atoms with Crippen molar-refractivity contribution in [2.45, 2.75) is 48.5 Å². The van der Waals surface area contributed by atoms with Gasteiger partial charge in [0.15, 0.2) is 23.1 Å². The van der Waals surface area contributed by atoms with Gasteiger partial charge in [-0.25, -0.2) is 27.2 Å². The molecule has 0 bridgehead atoms. The quantitative estimate of drug-likeness (QED) is 0.337. The minimum atomic E-state index is -4.52. The van der Waals surface area contributed by atoms with Gasteiger partial charge in [-0.1, -0.05) is 0 Å². The molecule has 3 aromatic heterocycles. The Kier molecular flexibility index (Phi) is 6.64. The number of hydrogen-bond acceptors (Lipinski definition) is 9. The Morgan fingerprint density at radius 1 is 1.07 bits per heavy atom. The molecule has 0 radical (unpaired) electrons. The highest BCUT2D eigenvalue weighted by Gasteiger charge is 2.36. The molecule has 7 rings (SSSR count). The van der Waals surface area contributed by atoms with Crippen LogP contribution >= 0.6 is 0 Å². The lowest BCUT2D eigenvalue weighted by Crippen LogP contribution is -2.30. The van der Waals surface area contributed by atoms with Crippen LogP contribution in [0.15, 0.2) is 53.7 Å². The van der Waals surface area contributed by atoms with E-state index in [1.54, 1.807) is 19.2 Å². The highest BCUT2D eigenvalue weighted by Crippen LogP contribution is 2.43. The number of alkyl halides is 1. The molecule has 1 saturated carbocycles. The van der Waals surface area contributed by atoms with Crippen LogP contribution in [0, 0.1) is 5.82 Å². The van der Waals surface area contributed by atoms with Gasteiger partial charge in [0.1, 0.15) is 17.3 Å². The van der Waals surface area contributed by atoms with Crippen LogP contribution < -0.4 is 19.7 Å². The third-order valence-corrected chi connectivity index (χ3v) is 9.71. The van der Waals surface area contributed by atoms with Crippen LogP contribution in [0.4, 0.5) is 20.4 Å².